The molecule has 0 aromatic heterocycles. The van der Waals surface area contributed by atoms with Crippen LogP contribution in [0.15, 0.2) is 4.99 Å². The van der Waals surface area contributed by atoms with E-state index in [0.29, 0.717) is 6.54 Å². The second-order valence-electron chi connectivity index (χ2n) is 2.07. The SMILES string of the molecule is COC(=O)[C@H]1CN=C(SC)N1. The van der Waals surface area contributed by atoms with Gasteiger partial charge in [-0.25, -0.2) is 4.79 Å². The van der Waals surface area contributed by atoms with Gasteiger partial charge in [-0.05, 0) is 6.26 Å². The maximum atomic E-state index is 10.9. The van der Waals surface area contributed by atoms with Crippen LogP contribution >= 0.6 is 11.8 Å². The highest BCUT2D eigenvalue weighted by molar-refractivity contribution is 8.13. The number of nitrogens with zero attached hydrogens (tertiary/aromatic N) is 1. The van der Waals surface area contributed by atoms with Gasteiger partial charge in [0.25, 0.3) is 0 Å². The second kappa shape index (κ2) is 3.61. The Balaban J connectivity index is 2.41. The van der Waals surface area contributed by atoms with Crippen LogP contribution in [0, 0.1) is 0 Å². The maximum Gasteiger partial charge on any atom is 0.330 e. The Hall–Kier alpha value is -0.710. The molecule has 1 rings (SSSR count). The van der Waals surface area contributed by atoms with Gasteiger partial charge in [0.1, 0.15) is 6.04 Å². The molecule has 0 aromatic rings. The third kappa shape index (κ3) is 1.86. The summed E-state index contributed by atoms with van der Waals surface area (Å²) in [6.07, 6.45) is 1.91. The van der Waals surface area contributed by atoms with Crippen molar-refractivity contribution in [2.45, 2.75) is 6.04 Å². The zero-order valence-electron chi connectivity index (χ0n) is 6.46. The monoisotopic (exact) mass is 174 g/mol. The van der Waals surface area contributed by atoms with E-state index in [4.69, 9.17) is 0 Å². The van der Waals surface area contributed by atoms with E-state index in [1.165, 1.54) is 18.9 Å². The molecule has 11 heavy (non-hydrogen) atoms. The van der Waals surface area contributed by atoms with Crippen LogP contribution < -0.4 is 5.32 Å². The van der Waals surface area contributed by atoms with Gasteiger partial charge >= 0.3 is 5.97 Å². The number of ether oxygens (including phenoxy) is 1. The van der Waals surface area contributed by atoms with Crippen LogP contribution in [0.25, 0.3) is 0 Å². The van der Waals surface area contributed by atoms with Crippen LogP contribution in [0.5, 0.6) is 0 Å². The minimum Gasteiger partial charge on any atom is -0.467 e. The Kier molecular flexibility index (Phi) is 2.76. The topological polar surface area (TPSA) is 50.7 Å². The first-order chi connectivity index (χ1) is 5.27. The van der Waals surface area contributed by atoms with Gasteiger partial charge in [-0.15, -0.1) is 0 Å². The molecule has 5 heteroatoms. The molecule has 1 aliphatic heterocycles. The number of nitrogens with one attached hydrogen (secondary N) is 1. The summed E-state index contributed by atoms with van der Waals surface area (Å²) in [6, 6.07) is -0.276. The fraction of sp³-hybridized carbons (Fsp3) is 0.667. The lowest BCUT2D eigenvalue weighted by atomic mass is 10.3. The molecular formula is C6H10N2O2S. The van der Waals surface area contributed by atoms with Crippen LogP contribution in [0.1, 0.15) is 0 Å². The summed E-state index contributed by atoms with van der Waals surface area (Å²) < 4.78 is 4.54. The summed E-state index contributed by atoms with van der Waals surface area (Å²) >= 11 is 1.50. The number of esters is 1. The Morgan fingerprint density at radius 3 is 3.09 bits per heavy atom. The normalized spacial score (nSPS) is 22.4. The lowest BCUT2D eigenvalue weighted by molar-refractivity contribution is -0.142. The van der Waals surface area contributed by atoms with E-state index in [1.54, 1.807) is 0 Å². The third-order valence-electron chi connectivity index (χ3n) is 1.39. The Labute approximate surface area is 69.4 Å². The number of carbonyl (C=O) groups is 1. The molecule has 0 spiro atoms. The van der Waals surface area contributed by atoms with Gasteiger partial charge in [-0.2, -0.15) is 0 Å². The summed E-state index contributed by atoms with van der Waals surface area (Å²) in [7, 11) is 1.38. The molecule has 0 bridgehead atoms. The van der Waals surface area contributed by atoms with Gasteiger partial charge in [-0.3, -0.25) is 4.99 Å². The summed E-state index contributed by atoms with van der Waals surface area (Å²) in [5, 5.41) is 3.74. The zero-order chi connectivity index (χ0) is 8.27. The summed E-state index contributed by atoms with van der Waals surface area (Å²) in [5.41, 5.74) is 0. The number of rotatable bonds is 1. The van der Waals surface area contributed by atoms with Crippen molar-refractivity contribution in [1.29, 1.82) is 0 Å². The van der Waals surface area contributed by atoms with E-state index in [2.05, 4.69) is 15.0 Å². The van der Waals surface area contributed by atoms with Gasteiger partial charge in [0.05, 0.1) is 13.7 Å². The summed E-state index contributed by atoms with van der Waals surface area (Å²) in [4.78, 5) is 15.0. The van der Waals surface area contributed by atoms with Gasteiger partial charge in [0.2, 0.25) is 0 Å². The smallest absolute Gasteiger partial charge is 0.330 e. The molecule has 0 unspecified atom stereocenters. The second-order valence-corrected chi connectivity index (χ2v) is 2.86. The highest BCUT2D eigenvalue weighted by Crippen LogP contribution is 2.05. The van der Waals surface area contributed by atoms with Crippen molar-refractivity contribution in [3.05, 3.63) is 0 Å². The van der Waals surface area contributed by atoms with Crippen molar-refractivity contribution in [2.24, 2.45) is 4.99 Å². The molecule has 0 radical (unpaired) electrons. The van der Waals surface area contributed by atoms with Crippen molar-refractivity contribution in [1.82, 2.24) is 5.32 Å². The molecule has 1 heterocycles. The van der Waals surface area contributed by atoms with Crippen LogP contribution in [-0.2, 0) is 9.53 Å². The molecule has 0 amide bonds. The zero-order valence-corrected chi connectivity index (χ0v) is 7.27. The Morgan fingerprint density at radius 1 is 1.91 bits per heavy atom. The van der Waals surface area contributed by atoms with Gasteiger partial charge in [0, 0.05) is 0 Å². The molecule has 4 nitrogen and oxygen atoms in total. The fourth-order valence-corrected chi connectivity index (χ4v) is 1.28. The molecule has 1 atom stereocenters. The van der Waals surface area contributed by atoms with Crippen LogP contribution in [0.2, 0.25) is 0 Å². The van der Waals surface area contributed by atoms with Gasteiger partial charge < -0.3 is 10.1 Å². The van der Waals surface area contributed by atoms with Gasteiger partial charge in [0.15, 0.2) is 5.17 Å². The molecule has 0 aliphatic carbocycles. The van der Waals surface area contributed by atoms with E-state index in [-0.39, 0.29) is 12.0 Å². The summed E-state index contributed by atoms with van der Waals surface area (Å²) in [5.74, 6) is -0.252. The van der Waals surface area contributed by atoms with Crippen LogP contribution in [0.4, 0.5) is 0 Å². The molecule has 1 N–H and O–H groups in total. The number of hydrogen-bond donors (Lipinski definition) is 1. The maximum absolute atomic E-state index is 10.9. The number of hydrogen-bond acceptors (Lipinski definition) is 5. The number of thioether (sulfide) groups is 1. The van der Waals surface area contributed by atoms with E-state index in [9.17, 15) is 4.79 Å². The first-order valence-electron chi connectivity index (χ1n) is 3.20. The summed E-state index contributed by atoms with van der Waals surface area (Å²) in [6.45, 7) is 0.489. The Morgan fingerprint density at radius 2 is 2.64 bits per heavy atom. The number of amidine groups is 1. The first kappa shape index (κ1) is 8.39. The molecule has 0 aromatic carbocycles. The standard InChI is InChI=1S/C6H10N2O2S/c1-10-5(9)4-3-7-6(8-4)11-2/h4H,3H2,1-2H3,(H,7,8)/t4-/m1/s1. The molecule has 0 saturated carbocycles. The minimum absolute atomic E-state index is 0.252. The fourth-order valence-electron chi connectivity index (χ4n) is 0.814. The predicted molar refractivity (Wildman–Crippen MR) is 44.8 cm³/mol. The molecular weight excluding hydrogens is 164 g/mol. The van der Waals surface area contributed by atoms with Crippen LogP contribution in [-0.4, -0.2) is 37.1 Å². The average molecular weight is 174 g/mol. The van der Waals surface area contributed by atoms with Crippen LogP contribution in [0.3, 0.4) is 0 Å². The number of aliphatic imine (C=N–C) groups is 1. The lowest BCUT2D eigenvalue weighted by Gasteiger charge is -2.06. The highest BCUT2D eigenvalue weighted by Gasteiger charge is 2.24. The third-order valence-corrected chi connectivity index (χ3v) is 2.03. The largest absolute Gasteiger partial charge is 0.467 e. The van der Waals surface area contributed by atoms with E-state index >= 15 is 0 Å². The molecule has 1 aliphatic rings. The van der Waals surface area contributed by atoms with Crippen molar-refractivity contribution in [3.8, 4) is 0 Å². The molecule has 62 valence electrons. The van der Waals surface area contributed by atoms with Crippen molar-refractivity contribution in [2.75, 3.05) is 19.9 Å². The minimum atomic E-state index is -0.276. The van der Waals surface area contributed by atoms with Gasteiger partial charge in [-0.1, -0.05) is 11.8 Å². The van der Waals surface area contributed by atoms with Crippen molar-refractivity contribution < 1.29 is 9.53 Å². The van der Waals surface area contributed by atoms with E-state index in [1.807, 2.05) is 6.26 Å². The highest BCUT2D eigenvalue weighted by atomic mass is 32.2. The van der Waals surface area contributed by atoms with E-state index in [0.717, 1.165) is 5.17 Å². The Bertz CT molecular complexity index is 193. The van der Waals surface area contributed by atoms with Crippen molar-refractivity contribution in [3.63, 3.8) is 0 Å². The first-order valence-corrected chi connectivity index (χ1v) is 4.43. The quantitative estimate of drug-likeness (QED) is 0.562. The van der Waals surface area contributed by atoms with Crippen molar-refractivity contribution >= 4 is 22.9 Å². The number of methoxy groups -OCH3 is 1. The predicted octanol–water partition coefficient (Wildman–Crippen LogP) is -0.150. The number of carbonyl (C=O) groups excluding carboxylic acids is 1. The average Bonchev–Trinajstić information content (AvgIpc) is 2.50. The molecule has 0 saturated heterocycles. The van der Waals surface area contributed by atoms with E-state index < -0.39 is 0 Å². The lowest BCUT2D eigenvalue weighted by Crippen LogP contribution is -2.37. The molecule has 0 fully saturated rings.